The quantitative estimate of drug-likeness (QED) is 0.819. The number of rotatable bonds is 4. The summed E-state index contributed by atoms with van der Waals surface area (Å²) in [5, 5.41) is 2.83. The van der Waals surface area contributed by atoms with E-state index in [0.29, 0.717) is 6.04 Å². The van der Waals surface area contributed by atoms with E-state index in [9.17, 15) is 14.4 Å². The minimum atomic E-state index is -0.502. The molecule has 0 bridgehead atoms. The summed E-state index contributed by atoms with van der Waals surface area (Å²) in [7, 11) is 0. The average Bonchev–Trinajstić information content (AvgIpc) is 3.05. The Balaban J connectivity index is 1.98. The van der Waals surface area contributed by atoms with Gasteiger partial charge in [-0.3, -0.25) is 19.1 Å². The molecule has 6 nitrogen and oxygen atoms in total. The van der Waals surface area contributed by atoms with E-state index in [2.05, 4.69) is 26.2 Å². The fourth-order valence-corrected chi connectivity index (χ4v) is 1.74. The lowest BCUT2D eigenvalue weighted by Gasteiger charge is -2.05. The highest BCUT2D eigenvalue weighted by Crippen LogP contribution is 2.18. The van der Waals surface area contributed by atoms with Gasteiger partial charge in [-0.25, -0.2) is 4.79 Å². The first-order chi connectivity index (χ1) is 8.06. The lowest BCUT2D eigenvalue weighted by molar-refractivity contribution is -0.121. The SMILES string of the molecule is O=C(CCn1cc(Br)c(=O)[nH]c1=O)NC1CC1. The maximum absolute atomic E-state index is 11.4. The van der Waals surface area contributed by atoms with Crippen molar-refractivity contribution in [1.29, 1.82) is 0 Å². The minimum Gasteiger partial charge on any atom is -0.353 e. The number of aromatic nitrogens is 2. The van der Waals surface area contributed by atoms with Crippen molar-refractivity contribution in [3.63, 3.8) is 0 Å². The van der Waals surface area contributed by atoms with Crippen LogP contribution in [0.15, 0.2) is 20.3 Å². The second kappa shape index (κ2) is 4.87. The zero-order valence-corrected chi connectivity index (χ0v) is 10.6. The molecule has 1 amide bonds. The van der Waals surface area contributed by atoms with E-state index in [1.807, 2.05) is 0 Å². The number of halogens is 1. The number of nitrogens with one attached hydrogen (secondary N) is 2. The van der Waals surface area contributed by atoms with E-state index in [4.69, 9.17) is 0 Å². The number of hydrogen-bond donors (Lipinski definition) is 2. The first kappa shape index (κ1) is 12.1. The maximum Gasteiger partial charge on any atom is 0.328 e. The number of hydrogen-bond acceptors (Lipinski definition) is 3. The second-order valence-electron chi connectivity index (χ2n) is 4.02. The molecule has 0 aromatic carbocycles. The van der Waals surface area contributed by atoms with Gasteiger partial charge in [0, 0.05) is 25.2 Å². The number of amides is 1. The summed E-state index contributed by atoms with van der Waals surface area (Å²) >= 11 is 3.03. The summed E-state index contributed by atoms with van der Waals surface area (Å²) in [5.74, 6) is -0.0678. The van der Waals surface area contributed by atoms with Crippen LogP contribution in [0.3, 0.4) is 0 Å². The van der Waals surface area contributed by atoms with E-state index >= 15 is 0 Å². The normalized spacial score (nSPS) is 14.6. The predicted octanol–water partition coefficient (Wildman–Crippen LogP) is -0.0322. The Kier molecular flexibility index (Phi) is 3.46. The van der Waals surface area contributed by atoms with Gasteiger partial charge in [0.2, 0.25) is 5.91 Å². The Bertz CT molecular complexity index is 544. The highest BCUT2D eigenvalue weighted by molar-refractivity contribution is 9.10. The zero-order valence-electron chi connectivity index (χ0n) is 9.03. The number of carbonyl (C=O) groups excluding carboxylic acids is 1. The van der Waals surface area contributed by atoms with Crippen LogP contribution < -0.4 is 16.6 Å². The van der Waals surface area contributed by atoms with Crippen molar-refractivity contribution in [3.05, 3.63) is 31.5 Å². The highest BCUT2D eigenvalue weighted by Gasteiger charge is 2.22. The standard InChI is InChI=1S/C10H12BrN3O3/c11-7-5-14(10(17)13-9(7)16)4-3-8(15)12-6-1-2-6/h5-6H,1-4H2,(H,12,15)(H,13,16,17). The maximum atomic E-state index is 11.4. The van der Waals surface area contributed by atoms with Crippen molar-refractivity contribution in [2.75, 3.05) is 0 Å². The summed E-state index contributed by atoms with van der Waals surface area (Å²) in [6.45, 7) is 0.257. The van der Waals surface area contributed by atoms with Gasteiger partial charge in [0.1, 0.15) is 0 Å². The summed E-state index contributed by atoms with van der Waals surface area (Å²) in [6, 6.07) is 0.321. The Labute approximate surface area is 105 Å². The van der Waals surface area contributed by atoms with Crippen LogP contribution >= 0.6 is 15.9 Å². The van der Waals surface area contributed by atoms with E-state index < -0.39 is 11.2 Å². The lowest BCUT2D eigenvalue weighted by Crippen LogP contribution is -2.32. The van der Waals surface area contributed by atoms with Gasteiger partial charge >= 0.3 is 5.69 Å². The van der Waals surface area contributed by atoms with Crippen molar-refractivity contribution >= 4 is 21.8 Å². The number of nitrogens with zero attached hydrogens (tertiary/aromatic N) is 1. The summed E-state index contributed by atoms with van der Waals surface area (Å²) < 4.78 is 1.58. The molecule has 0 atom stereocenters. The van der Waals surface area contributed by atoms with Crippen LogP contribution in [0.1, 0.15) is 19.3 Å². The number of H-pyrrole nitrogens is 1. The number of aryl methyl sites for hydroxylation is 1. The molecular formula is C10H12BrN3O3. The van der Waals surface area contributed by atoms with Gasteiger partial charge in [0.15, 0.2) is 0 Å². The summed E-state index contributed by atoms with van der Waals surface area (Å²) in [5.41, 5.74) is -0.967. The largest absolute Gasteiger partial charge is 0.353 e. The van der Waals surface area contributed by atoms with Crippen molar-refractivity contribution in [1.82, 2.24) is 14.9 Å². The molecule has 0 spiro atoms. The molecule has 1 heterocycles. The number of carbonyl (C=O) groups is 1. The van der Waals surface area contributed by atoms with Gasteiger partial charge in [-0.2, -0.15) is 0 Å². The van der Waals surface area contributed by atoms with Gasteiger partial charge in [-0.1, -0.05) is 0 Å². The molecule has 0 aliphatic heterocycles. The van der Waals surface area contributed by atoms with E-state index in [1.54, 1.807) is 0 Å². The van der Waals surface area contributed by atoms with Crippen molar-refractivity contribution < 1.29 is 4.79 Å². The molecule has 1 saturated carbocycles. The molecular weight excluding hydrogens is 290 g/mol. The van der Waals surface area contributed by atoms with Gasteiger partial charge in [0.05, 0.1) is 4.47 Å². The molecule has 1 aliphatic rings. The van der Waals surface area contributed by atoms with Crippen LogP contribution in [0.25, 0.3) is 0 Å². The highest BCUT2D eigenvalue weighted by atomic mass is 79.9. The third-order valence-corrected chi connectivity index (χ3v) is 3.05. The fourth-order valence-electron chi connectivity index (χ4n) is 1.40. The Morgan fingerprint density at radius 2 is 2.24 bits per heavy atom. The topological polar surface area (TPSA) is 84.0 Å². The first-order valence-electron chi connectivity index (χ1n) is 5.35. The van der Waals surface area contributed by atoms with Crippen LogP contribution in [0.4, 0.5) is 0 Å². The molecule has 0 radical (unpaired) electrons. The molecule has 0 saturated heterocycles. The van der Waals surface area contributed by atoms with Gasteiger partial charge < -0.3 is 5.32 Å². The molecule has 2 rings (SSSR count). The molecule has 92 valence electrons. The van der Waals surface area contributed by atoms with Gasteiger partial charge in [0.25, 0.3) is 5.56 Å². The Morgan fingerprint density at radius 1 is 1.53 bits per heavy atom. The van der Waals surface area contributed by atoms with Gasteiger partial charge in [-0.15, -0.1) is 0 Å². The van der Waals surface area contributed by atoms with Crippen LogP contribution in [0.2, 0.25) is 0 Å². The van der Waals surface area contributed by atoms with Crippen LogP contribution in [-0.4, -0.2) is 21.5 Å². The zero-order chi connectivity index (χ0) is 12.4. The van der Waals surface area contributed by atoms with Crippen LogP contribution in [-0.2, 0) is 11.3 Å². The van der Waals surface area contributed by atoms with E-state index in [1.165, 1.54) is 10.8 Å². The first-order valence-corrected chi connectivity index (χ1v) is 6.14. The smallest absolute Gasteiger partial charge is 0.328 e. The third kappa shape index (κ3) is 3.29. The number of aromatic amines is 1. The Morgan fingerprint density at radius 3 is 2.88 bits per heavy atom. The van der Waals surface area contributed by atoms with Crippen molar-refractivity contribution in [2.24, 2.45) is 0 Å². The molecule has 0 unspecified atom stereocenters. The van der Waals surface area contributed by atoms with Crippen LogP contribution in [0.5, 0.6) is 0 Å². The summed E-state index contributed by atoms with van der Waals surface area (Å²) in [6.07, 6.45) is 3.70. The molecule has 1 aliphatic carbocycles. The molecule has 17 heavy (non-hydrogen) atoms. The fraction of sp³-hybridized carbons (Fsp3) is 0.500. The van der Waals surface area contributed by atoms with Crippen molar-refractivity contribution in [3.8, 4) is 0 Å². The third-order valence-electron chi connectivity index (χ3n) is 2.49. The predicted molar refractivity (Wildman–Crippen MR) is 64.8 cm³/mol. The molecule has 7 heteroatoms. The minimum absolute atomic E-state index is 0.0678. The molecule has 1 aromatic rings. The summed E-state index contributed by atoms with van der Waals surface area (Å²) in [4.78, 5) is 36.1. The van der Waals surface area contributed by atoms with Crippen LogP contribution in [0, 0.1) is 0 Å². The second-order valence-corrected chi connectivity index (χ2v) is 4.88. The van der Waals surface area contributed by atoms with Crippen molar-refractivity contribution in [2.45, 2.75) is 31.8 Å². The van der Waals surface area contributed by atoms with Gasteiger partial charge in [-0.05, 0) is 28.8 Å². The molecule has 1 aromatic heterocycles. The lowest BCUT2D eigenvalue weighted by atomic mass is 10.4. The molecule has 1 fully saturated rings. The van der Waals surface area contributed by atoms with E-state index in [0.717, 1.165) is 12.8 Å². The van der Waals surface area contributed by atoms with E-state index in [-0.39, 0.29) is 23.3 Å². The Hall–Kier alpha value is -1.37. The average molecular weight is 302 g/mol. The monoisotopic (exact) mass is 301 g/mol. The molecule has 2 N–H and O–H groups in total.